The molecule has 0 radical (unpaired) electrons. The minimum Gasteiger partial charge on any atom is -0.381 e. The van der Waals surface area contributed by atoms with Crippen molar-refractivity contribution < 1.29 is 4.74 Å². The summed E-state index contributed by atoms with van der Waals surface area (Å²) in [4.78, 5) is 4.31. The van der Waals surface area contributed by atoms with Crippen LogP contribution in [0.4, 0.5) is 0 Å². The third kappa shape index (κ3) is 2.43. The quantitative estimate of drug-likeness (QED) is 0.762. The lowest BCUT2D eigenvalue weighted by Crippen LogP contribution is -2.15. The Bertz CT molecular complexity index is 272. The highest BCUT2D eigenvalue weighted by Gasteiger charge is 2.19. The molecule has 0 bridgehead atoms. The Balaban J connectivity index is 0.000000980. The van der Waals surface area contributed by atoms with E-state index in [9.17, 15) is 0 Å². The van der Waals surface area contributed by atoms with Crippen molar-refractivity contribution in [2.45, 2.75) is 25.3 Å². The molecular formula is C8H15ClN4O. The Labute approximate surface area is 88.8 Å². The molecule has 0 aliphatic carbocycles. The number of aromatic amines is 1. The summed E-state index contributed by atoms with van der Waals surface area (Å²) in [6.07, 6.45) is 2.03. The van der Waals surface area contributed by atoms with Gasteiger partial charge in [0.2, 0.25) is 0 Å². The second-order valence-electron chi connectivity index (χ2n) is 3.23. The molecule has 80 valence electrons. The predicted molar refractivity (Wildman–Crippen MR) is 54.3 cm³/mol. The zero-order chi connectivity index (χ0) is 9.10. The van der Waals surface area contributed by atoms with Gasteiger partial charge in [0.05, 0.1) is 6.54 Å². The van der Waals surface area contributed by atoms with E-state index in [1.807, 2.05) is 0 Å². The summed E-state index contributed by atoms with van der Waals surface area (Å²) in [5.41, 5.74) is 5.43. The van der Waals surface area contributed by atoms with Crippen LogP contribution in [0.15, 0.2) is 0 Å². The molecule has 0 spiro atoms. The van der Waals surface area contributed by atoms with Crippen LogP contribution in [0, 0.1) is 0 Å². The first-order valence-electron chi connectivity index (χ1n) is 4.59. The second-order valence-corrected chi connectivity index (χ2v) is 3.23. The second kappa shape index (κ2) is 5.29. The van der Waals surface area contributed by atoms with Gasteiger partial charge < -0.3 is 10.5 Å². The lowest BCUT2D eigenvalue weighted by Gasteiger charge is -2.18. The molecule has 0 amide bonds. The Hall–Kier alpha value is -0.650. The maximum Gasteiger partial charge on any atom is 0.154 e. The van der Waals surface area contributed by atoms with Gasteiger partial charge in [0.1, 0.15) is 5.82 Å². The fourth-order valence-electron chi connectivity index (χ4n) is 1.54. The van der Waals surface area contributed by atoms with E-state index in [2.05, 4.69) is 15.2 Å². The van der Waals surface area contributed by atoms with Gasteiger partial charge in [0, 0.05) is 19.1 Å². The molecule has 1 aliphatic rings. The van der Waals surface area contributed by atoms with Crippen LogP contribution in [0.1, 0.15) is 30.4 Å². The van der Waals surface area contributed by atoms with Crippen molar-refractivity contribution in [2.75, 3.05) is 13.2 Å². The van der Waals surface area contributed by atoms with E-state index in [4.69, 9.17) is 10.5 Å². The number of rotatable bonds is 2. The molecule has 1 aliphatic heterocycles. The zero-order valence-electron chi connectivity index (χ0n) is 7.90. The molecule has 1 saturated heterocycles. The van der Waals surface area contributed by atoms with Crippen molar-refractivity contribution in [3.63, 3.8) is 0 Å². The van der Waals surface area contributed by atoms with E-state index in [1.165, 1.54) is 0 Å². The fourth-order valence-corrected chi connectivity index (χ4v) is 1.54. The van der Waals surface area contributed by atoms with Crippen LogP contribution >= 0.6 is 12.4 Å². The zero-order valence-corrected chi connectivity index (χ0v) is 8.72. The molecule has 0 saturated carbocycles. The maximum absolute atomic E-state index is 5.43. The van der Waals surface area contributed by atoms with Gasteiger partial charge in [-0.3, -0.25) is 5.10 Å². The minimum atomic E-state index is 0. The number of halogens is 1. The number of hydrogen-bond donors (Lipinski definition) is 2. The molecule has 0 unspecified atom stereocenters. The molecule has 3 N–H and O–H groups in total. The van der Waals surface area contributed by atoms with Crippen LogP contribution in [0.5, 0.6) is 0 Å². The van der Waals surface area contributed by atoms with Crippen molar-refractivity contribution in [1.29, 1.82) is 0 Å². The van der Waals surface area contributed by atoms with Gasteiger partial charge in [-0.1, -0.05) is 0 Å². The third-order valence-corrected chi connectivity index (χ3v) is 2.33. The normalized spacial score (nSPS) is 17.8. The maximum atomic E-state index is 5.43. The topological polar surface area (TPSA) is 76.8 Å². The standard InChI is InChI=1S/C8H14N4O.ClH/c9-5-7-10-8(12-11-7)6-1-3-13-4-2-6;/h6H,1-5,9H2,(H,10,11,12);1H. The highest BCUT2D eigenvalue weighted by Crippen LogP contribution is 2.23. The molecule has 6 heteroatoms. The van der Waals surface area contributed by atoms with E-state index in [1.54, 1.807) is 0 Å². The molecule has 5 nitrogen and oxygen atoms in total. The van der Waals surface area contributed by atoms with Crippen molar-refractivity contribution >= 4 is 12.4 Å². The van der Waals surface area contributed by atoms with Gasteiger partial charge in [0.25, 0.3) is 0 Å². The number of nitrogens with one attached hydrogen (secondary N) is 1. The molecule has 2 heterocycles. The van der Waals surface area contributed by atoms with Gasteiger partial charge in [-0.25, -0.2) is 4.98 Å². The van der Waals surface area contributed by atoms with E-state index >= 15 is 0 Å². The molecular weight excluding hydrogens is 204 g/mol. The van der Waals surface area contributed by atoms with Gasteiger partial charge in [-0.05, 0) is 12.8 Å². The largest absolute Gasteiger partial charge is 0.381 e. The molecule has 0 atom stereocenters. The number of aromatic nitrogens is 3. The van der Waals surface area contributed by atoms with Crippen LogP contribution in [0.3, 0.4) is 0 Å². The average molecular weight is 219 g/mol. The van der Waals surface area contributed by atoms with Gasteiger partial charge in [0.15, 0.2) is 5.82 Å². The Kier molecular flexibility index (Phi) is 4.31. The summed E-state index contributed by atoms with van der Waals surface area (Å²) in [5.74, 6) is 2.11. The van der Waals surface area contributed by atoms with Gasteiger partial charge >= 0.3 is 0 Å². The SMILES string of the molecule is Cl.NCc1nc(C2CCOCC2)n[nH]1. The summed E-state index contributed by atoms with van der Waals surface area (Å²) in [6.45, 7) is 2.06. The molecule has 2 rings (SSSR count). The van der Waals surface area contributed by atoms with E-state index < -0.39 is 0 Å². The average Bonchev–Trinajstić information content (AvgIpc) is 2.67. The fraction of sp³-hybridized carbons (Fsp3) is 0.750. The number of ether oxygens (including phenoxy) is 1. The number of nitrogens with two attached hydrogens (primary N) is 1. The number of hydrogen-bond acceptors (Lipinski definition) is 4. The molecule has 1 fully saturated rings. The summed E-state index contributed by atoms with van der Waals surface area (Å²) >= 11 is 0. The number of nitrogens with zero attached hydrogens (tertiary/aromatic N) is 2. The molecule has 0 aromatic carbocycles. The summed E-state index contributed by atoms with van der Waals surface area (Å²) in [5, 5.41) is 6.96. The lowest BCUT2D eigenvalue weighted by molar-refractivity contribution is 0.0836. The molecule has 14 heavy (non-hydrogen) atoms. The summed E-state index contributed by atoms with van der Waals surface area (Å²) in [6, 6.07) is 0. The molecule has 1 aromatic rings. The highest BCUT2D eigenvalue weighted by molar-refractivity contribution is 5.85. The first kappa shape index (κ1) is 11.4. The van der Waals surface area contributed by atoms with Gasteiger partial charge in [-0.15, -0.1) is 12.4 Å². The predicted octanol–water partition coefficient (Wildman–Crippen LogP) is 0.579. The minimum absolute atomic E-state index is 0. The van der Waals surface area contributed by atoms with Crippen LogP contribution in [-0.4, -0.2) is 28.4 Å². The monoisotopic (exact) mass is 218 g/mol. The van der Waals surface area contributed by atoms with Gasteiger partial charge in [-0.2, -0.15) is 5.10 Å². The van der Waals surface area contributed by atoms with E-state index in [0.717, 1.165) is 37.7 Å². The smallest absolute Gasteiger partial charge is 0.154 e. The van der Waals surface area contributed by atoms with E-state index in [0.29, 0.717) is 12.5 Å². The first-order chi connectivity index (χ1) is 6.40. The van der Waals surface area contributed by atoms with Crippen molar-refractivity contribution in [3.05, 3.63) is 11.6 Å². The van der Waals surface area contributed by atoms with Crippen LogP contribution in [0.2, 0.25) is 0 Å². The summed E-state index contributed by atoms with van der Waals surface area (Å²) < 4.78 is 5.26. The van der Waals surface area contributed by atoms with Crippen molar-refractivity contribution in [1.82, 2.24) is 15.2 Å². The van der Waals surface area contributed by atoms with Crippen LogP contribution < -0.4 is 5.73 Å². The van der Waals surface area contributed by atoms with Crippen LogP contribution in [0.25, 0.3) is 0 Å². The number of H-pyrrole nitrogens is 1. The molecule has 1 aromatic heterocycles. The van der Waals surface area contributed by atoms with E-state index in [-0.39, 0.29) is 12.4 Å². The summed E-state index contributed by atoms with van der Waals surface area (Å²) in [7, 11) is 0. The Morgan fingerprint density at radius 2 is 2.14 bits per heavy atom. The van der Waals surface area contributed by atoms with Crippen molar-refractivity contribution in [2.24, 2.45) is 5.73 Å². The Morgan fingerprint density at radius 1 is 1.43 bits per heavy atom. The third-order valence-electron chi connectivity index (χ3n) is 2.33. The lowest BCUT2D eigenvalue weighted by atomic mass is 10.00. The highest BCUT2D eigenvalue weighted by atomic mass is 35.5. The first-order valence-corrected chi connectivity index (χ1v) is 4.59. The van der Waals surface area contributed by atoms with Crippen molar-refractivity contribution in [3.8, 4) is 0 Å². The van der Waals surface area contributed by atoms with Crippen LogP contribution in [-0.2, 0) is 11.3 Å². The Morgan fingerprint density at radius 3 is 2.71 bits per heavy atom.